The van der Waals surface area contributed by atoms with E-state index in [0.717, 1.165) is 4.90 Å². The van der Waals surface area contributed by atoms with Crippen LogP contribution in [-0.2, 0) is 9.15 Å². The summed E-state index contributed by atoms with van der Waals surface area (Å²) in [6, 6.07) is 6.65. The fourth-order valence-corrected chi connectivity index (χ4v) is 3.30. The van der Waals surface area contributed by atoms with E-state index >= 15 is 0 Å². The van der Waals surface area contributed by atoms with Gasteiger partial charge in [-0.15, -0.1) is 0 Å². The zero-order chi connectivity index (χ0) is 15.5. The van der Waals surface area contributed by atoms with Gasteiger partial charge < -0.3 is 5.32 Å². The largest absolute Gasteiger partial charge is 0.319 e. The number of hydrogen-bond donors (Lipinski definition) is 2. The van der Waals surface area contributed by atoms with E-state index in [-0.39, 0.29) is 24.1 Å². The lowest BCUT2D eigenvalue weighted by Crippen LogP contribution is -2.36. The van der Waals surface area contributed by atoms with Crippen LogP contribution in [0, 0.1) is 0 Å². The Morgan fingerprint density at radius 1 is 1.10 bits per heavy atom. The Balaban J connectivity index is 1.78. The van der Waals surface area contributed by atoms with Crippen molar-refractivity contribution in [2.75, 3.05) is 25.4 Å². The van der Waals surface area contributed by atoms with Gasteiger partial charge in [0.15, 0.2) is 0 Å². The highest BCUT2D eigenvalue weighted by Crippen LogP contribution is 2.21. The van der Waals surface area contributed by atoms with Crippen molar-refractivity contribution in [2.45, 2.75) is 0 Å². The van der Waals surface area contributed by atoms with Crippen molar-refractivity contribution in [3.05, 3.63) is 35.4 Å². The smallest absolute Gasteiger partial charge is 0.314 e. The lowest BCUT2D eigenvalue weighted by atomic mass is 10.1. The third-order valence-corrected chi connectivity index (χ3v) is 4.96. The second-order valence-corrected chi connectivity index (χ2v) is 7.78. The number of hydrogen-bond acceptors (Lipinski definition) is 6. The molecule has 0 saturated heterocycles. The molecule has 0 unspecified atom stereocenters. The number of nitrogens with zero attached hydrogens (tertiary/aromatic N) is 1. The molecule has 0 aliphatic carbocycles. The minimum Gasteiger partial charge on any atom is -0.314 e. The Labute approximate surface area is 125 Å². The van der Waals surface area contributed by atoms with E-state index < -0.39 is 9.15 Å². The van der Waals surface area contributed by atoms with Gasteiger partial charge in [0, 0.05) is 25.4 Å². The van der Waals surface area contributed by atoms with Gasteiger partial charge in [-0.1, -0.05) is 12.1 Å². The quantitative estimate of drug-likeness (QED) is 0.323. The van der Waals surface area contributed by atoms with Gasteiger partial charge in [0.2, 0.25) is 0 Å². The maximum absolute atomic E-state index is 12.0. The molecule has 9 heteroatoms. The standard InChI is InChI=1S/C12H14N2O5S2/c15-11-9-3-1-2-4-10(9)12(16)14(11)7-5-13-6-8-20-21(17,18)19/h1-4,13H,5-8H2,(H,17,18,19). The van der Waals surface area contributed by atoms with Crippen LogP contribution < -0.4 is 5.32 Å². The Kier molecular flexibility index (Phi) is 4.99. The van der Waals surface area contributed by atoms with Gasteiger partial charge in [0.1, 0.15) is 0 Å². The Bertz CT molecular complexity index is 624. The molecule has 114 valence electrons. The minimum absolute atomic E-state index is 0.181. The van der Waals surface area contributed by atoms with Crippen LogP contribution in [0.5, 0.6) is 0 Å². The molecule has 2 rings (SSSR count). The van der Waals surface area contributed by atoms with Crippen molar-refractivity contribution in [1.82, 2.24) is 10.2 Å². The molecule has 1 aromatic rings. The van der Waals surface area contributed by atoms with Crippen LogP contribution in [0.3, 0.4) is 0 Å². The topological polar surface area (TPSA) is 104 Å². The van der Waals surface area contributed by atoms with Gasteiger partial charge in [-0.25, -0.2) is 0 Å². The molecule has 21 heavy (non-hydrogen) atoms. The second kappa shape index (κ2) is 6.56. The molecular weight excluding hydrogens is 316 g/mol. The van der Waals surface area contributed by atoms with Crippen LogP contribution in [-0.4, -0.2) is 55.1 Å². The average molecular weight is 330 g/mol. The number of imide groups is 1. The van der Waals surface area contributed by atoms with E-state index in [0.29, 0.717) is 35.0 Å². The molecule has 2 N–H and O–H groups in total. The summed E-state index contributed by atoms with van der Waals surface area (Å²) in [5.74, 6) is -0.449. The van der Waals surface area contributed by atoms with Crippen molar-refractivity contribution >= 4 is 31.8 Å². The van der Waals surface area contributed by atoms with E-state index in [1.165, 1.54) is 0 Å². The molecule has 0 bridgehead atoms. The van der Waals surface area contributed by atoms with Crippen molar-refractivity contribution in [1.29, 1.82) is 0 Å². The van der Waals surface area contributed by atoms with Gasteiger partial charge in [-0.05, 0) is 22.9 Å². The van der Waals surface area contributed by atoms with Crippen LogP contribution in [0.1, 0.15) is 20.7 Å². The third-order valence-electron chi connectivity index (χ3n) is 2.90. The predicted octanol–water partition coefficient (Wildman–Crippen LogP) is 0.408. The first-order valence-corrected chi connectivity index (χ1v) is 9.12. The molecule has 1 aliphatic heterocycles. The molecule has 7 nitrogen and oxygen atoms in total. The molecule has 0 saturated carbocycles. The van der Waals surface area contributed by atoms with E-state index in [9.17, 15) is 18.0 Å². The maximum atomic E-state index is 12.0. The molecule has 2 amide bonds. The molecule has 0 spiro atoms. The van der Waals surface area contributed by atoms with Crippen LogP contribution in [0.15, 0.2) is 24.3 Å². The van der Waals surface area contributed by atoms with E-state index in [2.05, 4.69) is 5.32 Å². The number of carbonyl (C=O) groups excluding carboxylic acids is 2. The highest BCUT2D eigenvalue weighted by atomic mass is 33.1. The van der Waals surface area contributed by atoms with Gasteiger partial charge in [-0.2, -0.15) is 8.42 Å². The first-order chi connectivity index (χ1) is 9.90. The molecule has 0 aromatic heterocycles. The van der Waals surface area contributed by atoms with E-state index in [1.54, 1.807) is 24.3 Å². The third kappa shape index (κ3) is 4.03. The summed E-state index contributed by atoms with van der Waals surface area (Å²) >= 11 is 0. The van der Waals surface area contributed by atoms with Crippen molar-refractivity contribution < 1.29 is 22.6 Å². The van der Waals surface area contributed by atoms with Crippen molar-refractivity contribution in [3.63, 3.8) is 0 Å². The fraction of sp³-hybridized carbons (Fsp3) is 0.333. The van der Waals surface area contributed by atoms with Crippen LogP contribution in [0.2, 0.25) is 0 Å². The number of benzene rings is 1. The highest BCUT2D eigenvalue weighted by molar-refractivity contribution is 8.69. The predicted molar refractivity (Wildman–Crippen MR) is 78.7 cm³/mol. The Morgan fingerprint density at radius 2 is 1.67 bits per heavy atom. The highest BCUT2D eigenvalue weighted by Gasteiger charge is 2.34. The summed E-state index contributed by atoms with van der Waals surface area (Å²) in [6.07, 6.45) is 0. The summed E-state index contributed by atoms with van der Waals surface area (Å²) in [5.41, 5.74) is 0.814. The fourth-order valence-electron chi connectivity index (χ4n) is 1.98. The molecule has 0 fully saturated rings. The summed E-state index contributed by atoms with van der Waals surface area (Å²) in [6.45, 7) is 0.911. The molecular formula is C12H14N2O5S2. The van der Waals surface area contributed by atoms with Crippen LogP contribution in [0.4, 0.5) is 0 Å². The van der Waals surface area contributed by atoms with Gasteiger partial charge in [-0.3, -0.25) is 19.0 Å². The molecule has 1 heterocycles. The number of carbonyl (C=O) groups is 2. The molecule has 0 atom stereocenters. The zero-order valence-corrected chi connectivity index (χ0v) is 12.6. The summed E-state index contributed by atoms with van der Waals surface area (Å²) in [4.78, 5) is 25.2. The molecule has 1 aromatic carbocycles. The first-order valence-electron chi connectivity index (χ1n) is 6.18. The average Bonchev–Trinajstić information content (AvgIpc) is 2.66. The second-order valence-electron chi connectivity index (χ2n) is 4.31. The summed E-state index contributed by atoms with van der Waals surface area (Å²) in [7, 11) is -3.60. The summed E-state index contributed by atoms with van der Waals surface area (Å²) in [5, 5.41) is 2.91. The monoisotopic (exact) mass is 330 g/mol. The Hall–Kier alpha value is -1.42. The lowest BCUT2D eigenvalue weighted by molar-refractivity contribution is 0.0656. The SMILES string of the molecule is O=C1c2ccccc2C(=O)N1CCNCCSS(=O)(=O)O. The summed E-state index contributed by atoms with van der Waals surface area (Å²) < 4.78 is 29.5. The number of fused-ring (bicyclic) bond motifs is 1. The minimum atomic E-state index is -4.02. The maximum Gasteiger partial charge on any atom is 0.319 e. The van der Waals surface area contributed by atoms with Crippen LogP contribution in [0.25, 0.3) is 0 Å². The van der Waals surface area contributed by atoms with Crippen molar-refractivity contribution in [2.24, 2.45) is 0 Å². The van der Waals surface area contributed by atoms with Gasteiger partial charge in [0.25, 0.3) is 11.8 Å². The lowest BCUT2D eigenvalue weighted by Gasteiger charge is -2.13. The first kappa shape index (κ1) is 16.0. The number of nitrogens with one attached hydrogen (secondary N) is 1. The van der Waals surface area contributed by atoms with Crippen molar-refractivity contribution in [3.8, 4) is 0 Å². The van der Waals surface area contributed by atoms with E-state index in [4.69, 9.17) is 4.55 Å². The molecule has 1 aliphatic rings. The van der Waals surface area contributed by atoms with Gasteiger partial charge in [0.05, 0.1) is 11.1 Å². The molecule has 0 radical (unpaired) electrons. The van der Waals surface area contributed by atoms with Crippen LogP contribution >= 0.6 is 10.8 Å². The van der Waals surface area contributed by atoms with Gasteiger partial charge >= 0.3 is 9.15 Å². The Morgan fingerprint density at radius 3 is 2.19 bits per heavy atom. The number of rotatable bonds is 7. The zero-order valence-electron chi connectivity index (χ0n) is 11.0. The normalized spacial score (nSPS) is 14.6. The van der Waals surface area contributed by atoms with E-state index in [1.807, 2.05) is 0 Å². The number of amides is 2.